The highest BCUT2D eigenvalue weighted by molar-refractivity contribution is 14.1. The van der Waals surface area contributed by atoms with E-state index in [2.05, 4.69) is 99.3 Å². The lowest BCUT2D eigenvalue weighted by atomic mass is 9.98. The smallest absolute Gasteiger partial charge is 0.0587 e. The van der Waals surface area contributed by atoms with E-state index in [1.54, 1.807) is 0 Å². The molecule has 0 saturated carbocycles. The Hall–Kier alpha value is -0.390. The lowest BCUT2D eigenvalue weighted by Crippen LogP contribution is -2.24. The highest BCUT2D eigenvalue weighted by atomic mass is 127. The molecule has 100 valence electrons. The number of halogens is 2. The van der Waals surface area contributed by atoms with Crippen molar-refractivity contribution in [2.45, 2.75) is 19.4 Å². The van der Waals surface area contributed by atoms with Gasteiger partial charge in [-0.3, -0.25) is 0 Å². The molecule has 0 aliphatic heterocycles. The van der Waals surface area contributed by atoms with E-state index in [4.69, 9.17) is 0 Å². The van der Waals surface area contributed by atoms with Gasteiger partial charge in [0.2, 0.25) is 0 Å². The monoisotopic (exact) mass is 429 g/mol. The molecular weight excluding hydrogens is 413 g/mol. The normalized spacial score (nSPS) is 12.4. The minimum Gasteiger partial charge on any atom is -0.306 e. The number of hydrogen-bond acceptors (Lipinski definition) is 1. The molecule has 1 N–H and O–H groups in total. The summed E-state index contributed by atoms with van der Waals surface area (Å²) in [6.07, 6.45) is 1.13. The Balaban J connectivity index is 2.40. The van der Waals surface area contributed by atoms with Crippen LogP contribution in [0.25, 0.3) is 0 Å². The summed E-state index contributed by atoms with van der Waals surface area (Å²) in [5.41, 5.74) is 2.64. The maximum atomic E-state index is 3.64. The second kappa shape index (κ2) is 7.41. The second-order valence-electron chi connectivity index (χ2n) is 4.46. The molecular formula is C16H17BrIN. The van der Waals surface area contributed by atoms with Gasteiger partial charge in [-0.1, -0.05) is 53.2 Å². The molecule has 1 atom stereocenters. The van der Waals surface area contributed by atoms with Crippen LogP contribution in [0, 0.1) is 3.57 Å². The fourth-order valence-electron chi connectivity index (χ4n) is 2.08. The zero-order chi connectivity index (χ0) is 13.7. The third-order valence-corrected chi connectivity index (χ3v) is 4.48. The molecule has 0 radical (unpaired) electrons. The standard InChI is InChI=1S/C16H17BrIN/c1-2-10-19-16(12-6-4-3-5-7-12)14-11-13(17)8-9-15(14)18/h3-9,11,16,19H,2,10H2,1H3. The SMILES string of the molecule is CCCNC(c1ccccc1)c1cc(Br)ccc1I. The predicted molar refractivity (Wildman–Crippen MR) is 93.4 cm³/mol. The summed E-state index contributed by atoms with van der Waals surface area (Å²) in [6, 6.07) is 17.3. The summed E-state index contributed by atoms with van der Waals surface area (Å²) in [5, 5.41) is 3.64. The van der Waals surface area contributed by atoms with Crippen molar-refractivity contribution in [1.29, 1.82) is 0 Å². The molecule has 0 aromatic heterocycles. The Morgan fingerprint density at radius 3 is 2.58 bits per heavy atom. The van der Waals surface area contributed by atoms with E-state index >= 15 is 0 Å². The van der Waals surface area contributed by atoms with Gasteiger partial charge in [0.15, 0.2) is 0 Å². The number of nitrogens with one attached hydrogen (secondary N) is 1. The van der Waals surface area contributed by atoms with Gasteiger partial charge in [-0.05, 0) is 64.9 Å². The fraction of sp³-hybridized carbons (Fsp3) is 0.250. The first-order valence-corrected chi connectivity index (χ1v) is 8.33. The largest absolute Gasteiger partial charge is 0.306 e. The van der Waals surface area contributed by atoms with Crippen LogP contribution in [0.15, 0.2) is 53.0 Å². The Bertz CT molecular complexity index is 528. The molecule has 19 heavy (non-hydrogen) atoms. The van der Waals surface area contributed by atoms with Gasteiger partial charge in [-0.2, -0.15) is 0 Å². The van der Waals surface area contributed by atoms with Crippen molar-refractivity contribution in [2.75, 3.05) is 6.54 Å². The zero-order valence-electron chi connectivity index (χ0n) is 10.9. The Kier molecular flexibility index (Phi) is 5.85. The van der Waals surface area contributed by atoms with Crippen molar-refractivity contribution in [2.24, 2.45) is 0 Å². The number of rotatable bonds is 5. The molecule has 3 heteroatoms. The van der Waals surface area contributed by atoms with Crippen molar-refractivity contribution in [3.05, 3.63) is 67.7 Å². The second-order valence-corrected chi connectivity index (χ2v) is 6.54. The first-order chi connectivity index (χ1) is 9.22. The van der Waals surface area contributed by atoms with Gasteiger partial charge >= 0.3 is 0 Å². The van der Waals surface area contributed by atoms with E-state index in [9.17, 15) is 0 Å². The van der Waals surface area contributed by atoms with E-state index in [1.807, 2.05) is 0 Å². The number of hydrogen-bond donors (Lipinski definition) is 1. The minimum atomic E-state index is 0.255. The molecule has 2 aromatic carbocycles. The van der Waals surface area contributed by atoms with E-state index in [0.717, 1.165) is 17.4 Å². The average Bonchev–Trinajstić information content (AvgIpc) is 2.44. The molecule has 0 bridgehead atoms. The summed E-state index contributed by atoms with van der Waals surface area (Å²) in [5.74, 6) is 0. The van der Waals surface area contributed by atoms with Crippen LogP contribution in [0.4, 0.5) is 0 Å². The van der Waals surface area contributed by atoms with Gasteiger partial charge in [-0.15, -0.1) is 0 Å². The van der Waals surface area contributed by atoms with Crippen molar-refractivity contribution in [1.82, 2.24) is 5.32 Å². The average molecular weight is 430 g/mol. The molecule has 2 rings (SSSR count). The van der Waals surface area contributed by atoms with Gasteiger partial charge in [0, 0.05) is 8.04 Å². The zero-order valence-corrected chi connectivity index (χ0v) is 14.6. The van der Waals surface area contributed by atoms with Crippen LogP contribution in [0.2, 0.25) is 0 Å². The molecule has 1 nitrogen and oxygen atoms in total. The first kappa shape index (κ1) is 15.0. The molecule has 0 aliphatic rings. The maximum absolute atomic E-state index is 3.64. The summed E-state index contributed by atoms with van der Waals surface area (Å²) < 4.78 is 2.42. The van der Waals surface area contributed by atoms with Crippen LogP contribution >= 0.6 is 38.5 Å². The highest BCUT2D eigenvalue weighted by Gasteiger charge is 2.16. The van der Waals surface area contributed by atoms with Crippen LogP contribution in [0.1, 0.15) is 30.5 Å². The summed E-state index contributed by atoms with van der Waals surface area (Å²) in [7, 11) is 0. The van der Waals surface area contributed by atoms with Crippen LogP contribution in [0.5, 0.6) is 0 Å². The van der Waals surface area contributed by atoms with Gasteiger partial charge in [-0.25, -0.2) is 0 Å². The molecule has 0 spiro atoms. The molecule has 2 aromatic rings. The fourth-order valence-corrected chi connectivity index (χ4v) is 3.10. The minimum absolute atomic E-state index is 0.255. The van der Waals surface area contributed by atoms with Crippen LogP contribution < -0.4 is 5.32 Å². The van der Waals surface area contributed by atoms with Crippen LogP contribution in [-0.4, -0.2) is 6.54 Å². The van der Waals surface area contributed by atoms with Crippen molar-refractivity contribution >= 4 is 38.5 Å². The summed E-state index contributed by atoms with van der Waals surface area (Å²) in [4.78, 5) is 0. The van der Waals surface area contributed by atoms with Gasteiger partial charge in [0.05, 0.1) is 6.04 Å². The van der Waals surface area contributed by atoms with Crippen molar-refractivity contribution < 1.29 is 0 Å². The molecule has 0 heterocycles. The Morgan fingerprint density at radius 1 is 1.16 bits per heavy atom. The van der Waals surface area contributed by atoms with Gasteiger partial charge in [0.25, 0.3) is 0 Å². The lowest BCUT2D eigenvalue weighted by molar-refractivity contribution is 0.596. The van der Waals surface area contributed by atoms with Crippen molar-refractivity contribution in [3.63, 3.8) is 0 Å². The highest BCUT2D eigenvalue weighted by Crippen LogP contribution is 2.28. The third kappa shape index (κ3) is 4.04. The van der Waals surface area contributed by atoms with E-state index < -0.39 is 0 Å². The topological polar surface area (TPSA) is 12.0 Å². The molecule has 0 aliphatic carbocycles. The van der Waals surface area contributed by atoms with Crippen LogP contribution in [0.3, 0.4) is 0 Å². The molecule has 0 fully saturated rings. The number of benzene rings is 2. The van der Waals surface area contributed by atoms with Gasteiger partial charge in [0.1, 0.15) is 0 Å². The van der Waals surface area contributed by atoms with Crippen molar-refractivity contribution in [3.8, 4) is 0 Å². The third-order valence-electron chi connectivity index (χ3n) is 3.00. The maximum Gasteiger partial charge on any atom is 0.0587 e. The molecule has 1 unspecified atom stereocenters. The Morgan fingerprint density at radius 2 is 1.89 bits per heavy atom. The predicted octanol–water partition coefficient (Wildman–Crippen LogP) is 5.14. The lowest BCUT2D eigenvalue weighted by Gasteiger charge is -2.21. The van der Waals surface area contributed by atoms with Gasteiger partial charge < -0.3 is 5.32 Å². The van der Waals surface area contributed by atoms with E-state index in [-0.39, 0.29) is 6.04 Å². The first-order valence-electron chi connectivity index (χ1n) is 6.45. The molecule has 0 saturated heterocycles. The quantitative estimate of drug-likeness (QED) is 0.648. The van der Waals surface area contributed by atoms with Crippen LogP contribution in [-0.2, 0) is 0 Å². The molecule has 0 amide bonds. The summed E-state index contributed by atoms with van der Waals surface area (Å²) in [6.45, 7) is 3.21. The summed E-state index contributed by atoms with van der Waals surface area (Å²) >= 11 is 5.98. The van der Waals surface area contributed by atoms with E-state index in [0.29, 0.717) is 0 Å². The van der Waals surface area contributed by atoms with E-state index in [1.165, 1.54) is 14.7 Å². The Labute approximate surface area is 137 Å².